The molecule has 0 bridgehead atoms. The van der Waals surface area contributed by atoms with E-state index in [-0.39, 0.29) is 0 Å². The Bertz CT molecular complexity index is 786. The molecule has 0 aliphatic heterocycles. The van der Waals surface area contributed by atoms with Gasteiger partial charge in [-0.05, 0) is 31.2 Å². The first-order chi connectivity index (χ1) is 10.7. The number of nitrogens with one attached hydrogen (secondary N) is 1. The smallest absolute Gasteiger partial charge is 0.238 e. The first-order valence-electron chi connectivity index (χ1n) is 6.48. The molecule has 22 heavy (non-hydrogen) atoms. The van der Waals surface area contributed by atoms with Crippen molar-refractivity contribution in [1.29, 1.82) is 0 Å². The van der Waals surface area contributed by atoms with Crippen LogP contribution in [-0.2, 0) is 0 Å². The van der Waals surface area contributed by atoms with E-state index in [1.54, 1.807) is 31.3 Å². The van der Waals surface area contributed by atoms with Crippen molar-refractivity contribution in [2.45, 2.75) is 6.92 Å². The Morgan fingerprint density at radius 3 is 2.64 bits per heavy atom. The number of hydrogen-bond donors (Lipinski definition) is 1. The van der Waals surface area contributed by atoms with Gasteiger partial charge in [0.2, 0.25) is 5.88 Å². The number of benzene rings is 1. The summed E-state index contributed by atoms with van der Waals surface area (Å²) in [6, 6.07) is 9.26. The number of ether oxygens (including phenoxy) is 1. The Balaban J connectivity index is 1.79. The second-order valence-corrected chi connectivity index (χ2v) is 4.58. The molecule has 0 radical (unpaired) electrons. The maximum absolute atomic E-state index is 13.5. The van der Waals surface area contributed by atoms with Crippen molar-refractivity contribution < 1.29 is 13.6 Å². The number of rotatable bonds is 4. The molecular formula is C15H12F2N4O. The van der Waals surface area contributed by atoms with Crippen LogP contribution in [0.4, 0.5) is 14.6 Å². The van der Waals surface area contributed by atoms with Crippen LogP contribution in [-0.4, -0.2) is 14.8 Å². The molecule has 1 aromatic carbocycles. The molecule has 0 unspecified atom stereocenters. The SMILES string of the molecule is Cc1ncc(-n2ccc(Oc3ccc(NF)cc3)n2)cc1F. The van der Waals surface area contributed by atoms with Gasteiger partial charge in [-0.25, -0.2) is 14.6 Å². The largest absolute Gasteiger partial charge is 0.438 e. The number of hydrogen-bond acceptors (Lipinski definition) is 4. The molecule has 2 heterocycles. The molecule has 0 saturated carbocycles. The predicted octanol–water partition coefficient (Wildman–Crippen LogP) is 3.80. The van der Waals surface area contributed by atoms with Crippen molar-refractivity contribution >= 4 is 5.69 Å². The molecular weight excluding hydrogens is 290 g/mol. The highest BCUT2D eigenvalue weighted by Crippen LogP contribution is 2.22. The molecule has 3 rings (SSSR count). The molecule has 0 aliphatic carbocycles. The summed E-state index contributed by atoms with van der Waals surface area (Å²) < 4.78 is 32.7. The number of pyridine rings is 1. The molecule has 5 nitrogen and oxygen atoms in total. The third-order valence-corrected chi connectivity index (χ3v) is 3.03. The van der Waals surface area contributed by atoms with Gasteiger partial charge < -0.3 is 4.74 Å². The summed E-state index contributed by atoms with van der Waals surface area (Å²) in [6.45, 7) is 1.59. The predicted molar refractivity (Wildman–Crippen MR) is 77.3 cm³/mol. The van der Waals surface area contributed by atoms with E-state index in [1.807, 2.05) is 0 Å². The molecule has 0 aliphatic rings. The van der Waals surface area contributed by atoms with Crippen LogP contribution in [0.1, 0.15) is 5.69 Å². The Morgan fingerprint density at radius 1 is 1.18 bits per heavy atom. The topological polar surface area (TPSA) is 52.0 Å². The van der Waals surface area contributed by atoms with Crippen LogP contribution < -0.4 is 10.3 Å². The summed E-state index contributed by atoms with van der Waals surface area (Å²) in [4.78, 5) is 3.95. The van der Waals surface area contributed by atoms with Gasteiger partial charge in [-0.15, -0.1) is 9.58 Å². The van der Waals surface area contributed by atoms with Gasteiger partial charge in [0.05, 0.1) is 23.3 Å². The van der Waals surface area contributed by atoms with Crippen molar-refractivity contribution in [2.24, 2.45) is 0 Å². The summed E-state index contributed by atoms with van der Waals surface area (Å²) in [7, 11) is 0. The summed E-state index contributed by atoms with van der Waals surface area (Å²) in [5.74, 6) is 0.448. The summed E-state index contributed by atoms with van der Waals surface area (Å²) in [6.07, 6.45) is 3.16. The molecule has 0 fully saturated rings. The van der Waals surface area contributed by atoms with Crippen molar-refractivity contribution in [3.05, 3.63) is 60.3 Å². The van der Waals surface area contributed by atoms with Crippen LogP contribution in [0.2, 0.25) is 0 Å². The minimum absolute atomic E-state index is 0.328. The average Bonchev–Trinajstić information content (AvgIpc) is 2.99. The summed E-state index contributed by atoms with van der Waals surface area (Å²) in [5.41, 5.74) is 2.69. The van der Waals surface area contributed by atoms with Crippen LogP contribution in [0.25, 0.3) is 5.69 Å². The second kappa shape index (κ2) is 5.80. The lowest BCUT2D eigenvalue weighted by atomic mass is 10.3. The van der Waals surface area contributed by atoms with Gasteiger partial charge in [-0.3, -0.25) is 4.98 Å². The van der Waals surface area contributed by atoms with Gasteiger partial charge in [0, 0.05) is 18.3 Å². The van der Waals surface area contributed by atoms with E-state index in [4.69, 9.17) is 4.74 Å². The Hall–Kier alpha value is -2.96. The molecule has 0 atom stereocenters. The minimum atomic E-state index is -0.398. The number of aromatic nitrogens is 3. The highest BCUT2D eigenvalue weighted by molar-refractivity contribution is 5.45. The Labute approximate surface area is 125 Å². The Morgan fingerprint density at radius 2 is 1.95 bits per heavy atom. The average molecular weight is 302 g/mol. The number of halogens is 2. The highest BCUT2D eigenvalue weighted by atomic mass is 19.2. The van der Waals surface area contributed by atoms with Crippen LogP contribution in [0.5, 0.6) is 11.6 Å². The van der Waals surface area contributed by atoms with E-state index < -0.39 is 5.82 Å². The number of nitrogens with zero attached hydrogens (tertiary/aromatic N) is 3. The monoisotopic (exact) mass is 302 g/mol. The molecule has 0 amide bonds. The molecule has 2 aromatic heterocycles. The Kier molecular flexibility index (Phi) is 3.69. The molecule has 112 valence electrons. The fourth-order valence-corrected chi connectivity index (χ4v) is 1.83. The summed E-state index contributed by atoms with van der Waals surface area (Å²) >= 11 is 0. The fraction of sp³-hybridized carbons (Fsp3) is 0.0667. The normalized spacial score (nSPS) is 10.5. The quantitative estimate of drug-likeness (QED) is 0.745. The maximum Gasteiger partial charge on any atom is 0.238 e. The van der Waals surface area contributed by atoms with E-state index in [1.165, 1.54) is 34.6 Å². The van der Waals surface area contributed by atoms with E-state index >= 15 is 0 Å². The molecule has 1 N–H and O–H groups in total. The van der Waals surface area contributed by atoms with Crippen molar-refractivity contribution in [2.75, 3.05) is 5.54 Å². The van der Waals surface area contributed by atoms with Crippen LogP contribution in [0.3, 0.4) is 0 Å². The third kappa shape index (κ3) is 2.88. The zero-order valence-corrected chi connectivity index (χ0v) is 11.6. The van der Waals surface area contributed by atoms with Crippen molar-refractivity contribution in [3.63, 3.8) is 0 Å². The molecule has 3 aromatic rings. The van der Waals surface area contributed by atoms with Crippen molar-refractivity contribution in [1.82, 2.24) is 14.8 Å². The first-order valence-corrected chi connectivity index (χ1v) is 6.48. The maximum atomic E-state index is 13.5. The fourth-order valence-electron chi connectivity index (χ4n) is 1.83. The van der Waals surface area contributed by atoms with E-state index in [2.05, 4.69) is 10.1 Å². The zero-order valence-electron chi connectivity index (χ0n) is 11.6. The van der Waals surface area contributed by atoms with Gasteiger partial charge in [-0.2, -0.15) is 0 Å². The lowest BCUT2D eigenvalue weighted by molar-refractivity contribution is 0.457. The van der Waals surface area contributed by atoms with Crippen LogP contribution in [0, 0.1) is 12.7 Å². The van der Waals surface area contributed by atoms with Gasteiger partial charge >= 0.3 is 0 Å². The van der Waals surface area contributed by atoms with Gasteiger partial charge in [0.1, 0.15) is 11.6 Å². The van der Waals surface area contributed by atoms with Gasteiger partial charge in [0.25, 0.3) is 0 Å². The number of anilines is 1. The van der Waals surface area contributed by atoms with Crippen LogP contribution in [0.15, 0.2) is 48.8 Å². The third-order valence-electron chi connectivity index (χ3n) is 3.03. The van der Waals surface area contributed by atoms with Gasteiger partial charge in [0.15, 0.2) is 0 Å². The lowest BCUT2D eigenvalue weighted by Gasteiger charge is -2.04. The van der Waals surface area contributed by atoms with E-state index in [0.717, 1.165) is 0 Å². The second-order valence-electron chi connectivity index (χ2n) is 4.58. The number of aryl methyl sites for hydroxylation is 1. The molecule has 0 spiro atoms. The molecule has 0 saturated heterocycles. The van der Waals surface area contributed by atoms with Crippen LogP contribution >= 0.6 is 0 Å². The highest BCUT2D eigenvalue weighted by Gasteiger charge is 2.06. The standard InChI is InChI=1S/C15H12F2N4O/c1-10-14(16)8-12(9-18-10)21-7-6-15(20-21)22-13-4-2-11(19-17)3-5-13/h2-9,19H,1H3. The lowest BCUT2D eigenvalue weighted by Crippen LogP contribution is -1.99. The van der Waals surface area contributed by atoms with Crippen molar-refractivity contribution in [3.8, 4) is 17.3 Å². The van der Waals surface area contributed by atoms with E-state index in [9.17, 15) is 8.87 Å². The molecule has 7 heteroatoms. The zero-order chi connectivity index (χ0) is 15.5. The minimum Gasteiger partial charge on any atom is -0.438 e. The van der Waals surface area contributed by atoms with Gasteiger partial charge in [-0.1, -0.05) is 0 Å². The first kappa shape index (κ1) is 14.0. The van der Waals surface area contributed by atoms with E-state index in [0.29, 0.717) is 28.7 Å². The summed E-state index contributed by atoms with van der Waals surface area (Å²) in [5, 5.41) is 4.19.